The van der Waals surface area contributed by atoms with E-state index in [9.17, 15) is 23.1 Å². The zero-order chi connectivity index (χ0) is 22.3. The Morgan fingerprint density at radius 3 is 2.45 bits per heavy atom. The SMILES string of the molecule is Cc1cccc2c(Cn3c(C)c(O)n(-c4ccc(SC(F)(F)F)cc4)c3=O)ccnc12. The summed E-state index contributed by atoms with van der Waals surface area (Å²) in [4.78, 5) is 17.5. The summed E-state index contributed by atoms with van der Waals surface area (Å²) in [6, 6.07) is 12.9. The van der Waals surface area contributed by atoms with E-state index in [1.54, 1.807) is 13.1 Å². The second-order valence-electron chi connectivity index (χ2n) is 7.10. The molecule has 0 aliphatic rings. The molecule has 1 N–H and O–H groups in total. The van der Waals surface area contributed by atoms with E-state index >= 15 is 0 Å². The standard InChI is InChI=1S/C22H18F3N3O2S/c1-13-4-3-5-18-15(10-11-26-19(13)18)12-27-14(2)20(29)28(21(27)30)16-6-8-17(9-7-16)31-22(23,24)25/h3-11,29H,12H2,1-2H3. The van der Waals surface area contributed by atoms with E-state index in [-0.39, 0.29) is 34.8 Å². The lowest BCUT2D eigenvalue weighted by atomic mass is 10.1. The summed E-state index contributed by atoms with van der Waals surface area (Å²) >= 11 is -0.236. The minimum Gasteiger partial charge on any atom is -0.493 e. The number of rotatable bonds is 4. The highest BCUT2D eigenvalue weighted by atomic mass is 32.2. The molecule has 2 heterocycles. The molecule has 2 aromatic heterocycles. The van der Waals surface area contributed by atoms with Gasteiger partial charge in [-0.15, -0.1) is 0 Å². The molecule has 0 atom stereocenters. The highest BCUT2D eigenvalue weighted by Gasteiger charge is 2.29. The third-order valence-electron chi connectivity index (χ3n) is 5.08. The first kappa shape index (κ1) is 21.0. The van der Waals surface area contributed by atoms with Crippen molar-refractivity contribution in [1.82, 2.24) is 14.1 Å². The average Bonchev–Trinajstić information content (AvgIpc) is 2.92. The Balaban J connectivity index is 1.74. The number of aryl methyl sites for hydroxylation is 1. The lowest BCUT2D eigenvalue weighted by molar-refractivity contribution is -0.0328. The van der Waals surface area contributed by atoms with Crippen molar-refractivity contribution in [2.45, 2.75) is 30.8 Å². The van der Waals surface area contributed by atoms with Crippen LogP contribution in [0.1, 0.15) is 16.8 Å². The van der Waals surface area contributed by atoms with Crippen LogP contribution in [0.4, 0.5) is 13.2 Å². The number of imidazole rings is 1. The van der Waals surface area contributed by atoms with Gasteiger partial charge in [-0.2, -0.15) is 13.2 Å². The van der Waals surface area contributed by atoms with Gasteiger partial charge < -0.3 is 5.11 Å². The first-order valence-corrected chi connectivity index (χ1v) is 10.2. The van der Waals surface area contributed by atoms with Gasteiger partial charge in [-0.1, -0.05) is 18.2 Å². The molecule has 9 heteroatoms. The van der Waals surface area contributed by atoms with Crippen molar-refractivity contribution in [2.24, 2.45) is 0 Å². The van der Waals surface area contributed by atoms with Gasteiger partial charge in [-0.25, -0.2) is 9.36 Å². The summed E-state index contributed by atoms with van der Waals surface area (Å²) in [6.07, 6.45) is 1.68. The molecule has 5 nitrogen and oxygen atoms in total. The molecule has 0 unspecified atom stereocenters. The van der Waals surface area contributed by atoms with Crippen molar-refractivity contribution in [2.75, 3.05) is 0 Å². The van der Waals surface area contributed by atoms with Crippen LogP contribution in [0.3, 0.4) is 0 Å². The van der Waals surface area contributed by atoms with Gasteiger partial charge in [0.05, 0.1) is 23.4 Å². The van der Waals surface area contributed by atoms with Crippen molar-refractivity contribution >= 4 is 22.7 Å². The van der Waals surface area contributed by atoms with Crippen molar-refractivity contribution in [3.05, 3.63) is 82.0 Å². The molecule has 0 fully saturated rings. The molecular formula is C22H18F3N3O2S. The van der Waals surface area contributed by atoms with E-state index in [1.807, 2.05) is 31.2 Å². The van der Waals surface area contributed by atoms with E-state index in [2.05, 4.69) is 4.98 Å². The summed E-state index contributed by atoms with van der Waals surface area (Å²) in [6.45, 7) is 3.80. The van der Waals surface area contributed by atoms with E-state index in [4.69, 9.17) is 0 Å². The van der Waals surface area contributed by atoms with Crippen LogP contribution < -0.4 is 5.69 Å². The predicted molar refractivity (Wildman–Crippen MR) is 114 cm³/mol. The number of aromatic hydroxyl groups is 1. The van der Waals surface area contributed by atoms with Crippen LogP contribution in [0.2, 0.25) is 0 Å². The second kappa shape index (κ2) is 7.81. The van der Waals surface area contributed by atoms with Crippen LogP contribution in [0.5, 0.6) is 5.88 Å². The number of pyridine rings is 1. The van der Waals surface area contributed by atoms with Gasteiger partial charge in [0, 0.05) is 16.5 Å². The normalized spacial score (nSPS) is 11.9. The zero-order valence-electron chi connectivity index (χ0n) is 16.6. The molecule has 4 aromatic rings. The van der Waals surface area contributed by atoms with Crippen LogP contribution in [0.15, 0.2) is 64.4 Å². The Kier molecular flexibility index (Phi) is 5.30. The molecule has 0 bridgehead atoms. The van der Waals surface area contributed by atoms with Crippen LogP contribution in [-0.2, 0) is 6.54 Å². The Labute approximate surface area is 179 Å². The monoisotopic (exact) mass is 445 g/mol. The van der Waals surface area contributed by atoms with Crippen molar-refractivity contribution in [1.29, 1.82) is 0 Å². The van der Waals surface area contributed by atoms with E-state index in [1.165, 1.54) is 28.8 Å². The average molecular weight is 445 g/mol. The summed E-state index contributed by atoms with van der Waals surface area (Å²) in [7, 11) is 0. The maximum atomic E-state index is 13.1. The van der Waals surface area contributed by atoms with Crippen molar-refractivity contribution in [3.63, 3.8) is 0 Å². The number of halogens is 3. The highest BCUT2D eigenvalue weighted by Crippen LogP contribution is 2.37. The lowest BCUT2D eigenvalue weighted by Crippen LogP contribution is -2.24. The Bertz CT molecular complexity index is 1330. The summed E-state index contributed by atoms with van der Waals surface area (Å²) < 4.78 is 40.2. The molecule has 0 saturated heterocycles. The smallest absolute Gasteiger partial charge is 0.446 e. The topological polar surface area (TPSA) is 60.0 Å². The lowest BCUT2D eigenvalue weighted by Gasteiger charge is -2.09. The van der Waals surface area contributed by atoms with Gasteiger partial charge >= 0.3 is 11.2 Å². The molecule has 2 aromatic carbocycles. The second-order valence-corrected chi connectivity index (χ2v) is 8.23. The molecule has 4 rings (SSSR count). The zero-order valence-corrected chi connectivity index (χ0v) is 17.5. The molecule has 0 radical (unpaired) electrons. The largest absolute Gasteiger partial charge is 0.493 e. The summed E-state index contributed by atoms with van der Waals surface area (Å²) in [5, 5.41) is 11.5. The number of nitrogens with zero attached hydrogens (tertiary/aromatic N) is 3. The number of aromatic nitrogens is 3. The molecule has 0 aliphatic heterocycles. The molecule has 0 saturated carbocycles. The van der Waals surface area contributed by atoms with Gasteiger partial charge in [0.1, 0.15) is 0 Å². The fourth-order valence-electron chi connectivity index (χ4n) is 3.54. The predicted octanol–water partition coefficient (Wildman–Crippen LogP) is 5.17. The third-order valence-corrected chi connectivity index (χ3v) is 5.82. The van der Waals surface area contributed by atoms with Gasteiger partial charge in [0.15, 0.2) is 0 Å². The third kappa shape index (κ3) is 4.05. The van der Waals surface area contributed by atoms with Gasteiger partial charge in [0.2, 0.25) is 5.88 Å². The molecule has 31 heavy (non-hydrogen) atoms. The molecule has 160 valence electrons. The number of para-hydroxylation sites is 1. The summed E-state index contributed by atoms with van der Waals surface area (Å²) in [5.41, 5.74) is -1.52. The Morgan fingerprint density at radius 2 is 1.77 bits per heavy atom. The van der Waals surface area contributed by atoms with Crippen LogP contribution in [0, 0.1) is 13.8 Å². The van der Waals surface area contributed by atoms with Crippen LogP contribution in [0.25, 0.3) is 16.6 Å². The Hall–Kier alpha value is -3.20. The fourth-order valence-corrected chi connectivity index (χ4v) is 4.08. The first-order valence-electron chi connectivity index (χ1n) is 9.36. The molecule has 0 spiro atoms. The number of hydrogen-bond acceptors (Lipinski definition) is 4. The molecule has 0 amide bonds. The van der Waals surface area contributed by atoms with Crippen molar-refractivity contribution in [3.8, 4) is 11.6 Å². The highest BCUT2D eigenvalue weighted by molar-refractivity contribution is 8.00. The number of hydrogen-bond donors (Lipinski definition) is 1. The summed E-state index contributed by atoms with van der Waals surface area (Å²) in [5.74, 6) is -0.254. The molecule has 0 aliphatic carbocycles. The number of alkyl halides is 3. The number of fused-ring (bicyclic) bond motifs is 1. The minimum absolute atomic E-state index is 0.00133. The van der Waals surface area contributed by atoms with Crippen LogP contribution >= 0.6 is 11.8 Å². The number of benzene rings is 2. The Morgan fingerprint density at radius 1 is 1.06 bits per heavy atom. The van der Waals surface area contributed by atoms with Crippen LogP contribution in [-0.4, -0.2) is 24.7 Å². The van der Waals surface area contributed by atoms with E-state index < -0.39 is 11.2 Å². The van der Waals surface area contributed by atoms with Gasteiger partial charge in [-0.05, 0) is 67.1 Å². The fraction of sp³-hybridized carbons (Fsp3) is 0.182. The minimum atomic E-state index is -4.40. The van der Waals surface area contributed by atoms with Gasteiger partial charge in [-0.3, -0.25) is 9.55 Å². The first-order chi connectivity index (χ1) is 14.7. The molecular weight excluding hydrogens is 427 g/mol. The maximum Gasteiger partial charge on any atom is 0.446 e. The van der Waals surface area contributed by atoms with E-state index in [0.29, 0.717) is 5.69 Å². The van der Waals surface area contributed by atoms with E-state index in [0.717, 1.165) is 26.6 Å². The van der Waals surface area contributed by atoms with Crippen molar-refractivity contribution < 1.29 is 18.3 Å². The quantitative estimate of drug-likeness (QED) is 0.441. The maximum absolute atomic E-state index is 13.1. The van der Waals surface area contributed by atoms with Gasteiger partial charge in [0.25, 0.3) is 0 Å². The number of thioether (sulfide) groups is 1.